The summed E-state index contributed by atoms with van der Waals surface area (Å²) in [4.78, 5) is 13.3. The van der Waals surface area contributed by atoms with Gasteiger partial charge in [-0.15, -0.1) is 11.3 Å². The summed E-state index contributed by atoms with van der Waals surface area (Å²) in [5.74, 6) is 0.289. The van der Waals surface area contributed by atoms with Gasteiger partial charge in [-0.3, -0.25) is 4.79 Å². The fourth-order valence-corrected chi connectivity index (χ4v) is 2.88. The lowest BCUT2D eigenvalue weighted by molar-refractivity contribution is -0.121. The van der Waals surface area contributed by atoms with E-state index in [1.165, 1.54) is 0 Å². The summed E-state index contributed by atoms with van der Waals surface area (Å²) in [5, 5.41) is 5.17. The molecule has 0 bridgehead atoms. The maximum Gasteiger partial charge on any atom is 0.234 e. The van der Waals surface area contributed by atoms with E-state index in [-0.39, 0.29) is 22.7 Å². The summed E-state index contributed by atoms with van der Waals surface area (Å²) in [6.45, 7) is 4.06. The Bertz CT molecular complexity index is 539. The molecule has 2 nitrogen and oxygen atoms in total. The Morgan fingerprint density at radius 1 is 1.15 bits per heavy atom. The van der Waals surface area contributed by atoms with Crippen LogP contribution in [0.4, 0.5) is 0 Å². The van der Waals surface area contributed by atoms with Crippen molar-refractivity contribution in [1.82, 2.24) is 5.32 Å². The topological polar surface area (TPSA) is 29.1 Å². The van der Waals surface area contributed by atoms with E-state index in [1.54, 1.807) is 11.3 Å². The first-order valence-electron chi connectivity index (χ1n) is 6.62. The van der Waals surface area contributed by atoms with Gasteiger partial charge in [-0.25, -0.2) is 0 Å². The molecule has 0 radical (unpaired) electrons. The molecule has 1 aromatic heterocycles. The lowest BCUT2D eigenvalue weighted by Crippen LogP contribution is -2.36. The van der Waals surface area contributed by atoms with Crippen LogP contribution in [-0.2, 0) is 4.79 Å². The van der Waals surface area contributed by atoms with Crippen molar-refractivity contribution in [1.29, 1.82) is 0 Å². The predicted octanol–water partition coefficient (Wildman–Crippen LogP) is 4.37. The predicted molar refractivity (Wildman–Crippen MR) is 88.3 cm³/mol. The first kappa shape index (κ1) is 15.3. The third kappa shape index (κ3) is 3.70. The summed E-state index contributed by atoms with van der Waals surface area (Å²) >= 11 is 5.12. The van der Waals surface area contributed by atoms with Gasteiger partial charge in [0, 0.05) is 4.88 Å². The van der Waals surface area contributed by atoms with Crippen LogP contribution >= 0.6 is 27.3 Å². The molecule has 106 valence electrons. The molecular formula is C16H18BrNOS. The molecule has 0 spiro atoms. The molecule has 1 N–H and O–H groups in total. The smallest absolute Gasteiger partial charge is 0.234 e. The second kappa shape index (κ2) is 7.04. The molecule has 1 aromatic carbocycles. The molecule has 0 saturated heterocycles. The molecule has 2 aromatic rings. The quantitative estimate of drug-likeness (QED) is 0.796. The van der Waals surface area contributed by atoms with E-state index in [1.807, 2.05) is 55.6 Å². The average molecular weight is 352 g/mol. The van der Waals surface area contributed by atoms with Gasteiger partial charge in [0.2, 0.25) is 5.91 Å². The molecule has 2 unspecified atom stereocenters. The van der Waals surface area contributed by atoms with E-state index in [9.17, 15) is 4.79 Å². The zero-order valence-electron chi connectivity index (χ0n) is 11.5. The van der Waals surface area contributed by atoms with Crippen molar-refractivity contribution in [2.75, 3.05) is 0 Å². The summed E-state index contributed by atoms with van der Waals surface area (Å²) in [7, 11) is 0. The number of hydrogen-bond acceptors (Lipinski definition) is 2. The van der Waals surface area contributed by atoms with Gasteiger partial charge in [0.15, 0.2) is 0 Å². The highest BCUT2D eigenvalue weighted by molar-refractivity contribution is 9.10. The van der Waals surface area contributed by atoms with Crippen LogP contribution in [0.2, 0.25) is 0 Å². The maximum atomic E-state index is 12.3. The monoisotopic (exact) mass is 351 g/mol. The lowest BCUT2D eigenvalue weighted by atomic mass is 10.0. The molecule has 0 aliphatic rings. The van der Waals surface area contributed by atoms with Gasteiger partial charge in [0.25, 0.3) is 0 Å². The Morgan fingerprint density at radius 3 is 2.40 bits per heavy atom. The number of carbonyl (C=O) groups is 1. The highest BCUT2D eigenvalue weighted by Gasteiger charge is 2.23. The van der Waals surface area contributed by atoms with Gasteiger partial charge in [0.05, 0.1) is 10.9 Å². The molecule has 1 amide bonds. The van der Waals surface area contributed by atoms with E-state index in [0.29, 0.717) is 0 Å². The van der Waals surface area contributed by atoms with Crippen LogP contribution in [0.3, 0.4) is 0 Å². The summed E-state index contributed by atoms with van der Waals surface area (Å²) in [6.07, 6.45) is 0. The molecule has 1 heterocycles. The highest BCUT2D eigenvalue weighted by atomic mass is 79.9. The summed E-state index contributed by atoms with van der Waals surface area (Å²) in [5.41, 5.74) is 1.10. The number of hydrogen-bond donors (Lipinski definition) is 1. The third-order valence-electron chi connectivity index (χ3n) is 3.08. The van der Waals surface area contributed by atoms with Gasteiger partial charge in [-0.1, -0.05) is 66.2 Å². The molecule has 4 heteroatoms. The number of nitrogens with one attached hydrogen (secondary N) is 1. The second-order valence-corrected chi connectivity index (χ2v) is 6.98. The van der Waals surface area contributed by atoms with Crippen molar-refractivity contribution in [3.63, 3.8) is 0 Å². The molecule has 2 atom stereocenters. The number of amides is 1. The number of benzene rings is 1. The number of rotatable bonds is 5. The Morgan fingerprint density at radius 2 is 1.85 bits per heavy atom. The van der Waals surface area contributed by atoms with Gasteiger partial charge in [0.1, 0.15) is 0 Å². The van der Waals surface area contributed by atoms with Crippen molar-refractivity contribution < 1.29 is 4.79 Å². The third-order valence-corrected chi connectivity index (χ3v) is 5.49. The second-order valence-electron chi connectivity index (χ2n) is 5.01. The van der Waals surface area contributed by atoms with Crippen molar-refractivity contribution in [3.05, 3.63) is 58.3 Å². The largest absolute Gasteiger partial charge is 0.343 e. The van der Waals surface area contributed by atoms with E-state index in [2.05, 4.69) is 27.3 Å². The van der Waals surface area contributed by atoms with E-state index in [0.717, 1.165) is 10.4 Å². The van der Waals surface area contributed by atoms with Crippen LogP contribution in [0, 0.1) is 5.92 Å². The van der Waals surface area contributed by atoms with Crippen LogP contribution in [0.25, 0.3) is 0 Å². The Balaban J connectivity index is 2.23. The zero-order valence-corrected chi connectivity index (χ0v) is 13.9. The van der Waals surface area contributed by atoms with Crippen LogP contribution in [0.1, 0.15) is 30.3 Å². The Hall–Kier alpha value is -1.13. The van der Waals surface area contributed by atoms with Crippen molar-refractivity contribution in [2.45, 2.75) is 24.7 Å². The molecule has 0 saturated carbocycles. The number of carbonyl (C=O) groups excluding carboxylic acids is 1. The molecule has 20 heavy (non-hydrogen) atoms. The van der Waals surface area contributed by atoms with E-state index in [4.69, 9.17) is 0 Å². The zero-order chi connectivity index (χ0) is 14.5. The number of halogens is 1. The van der Waals surface area contributed by atoms with Crippen molar-refractivity contribution >= 4 is 33.2 Å². The fourth-order valence-electron chi connectivity index (χ4n) is 1.94. The molecule has 0 aliphatic carbocycles. The molecular weight excluding hydrogens is 334 g/mol. The standard InChI is InChI=1S/C16H18BrNOS/c1-11(2)14(17)16(19)18-15(13-9-6-10-20-13)12-7-4-3-5-8-12/h3-11,14-15H,1-2H3,(H,18,19). The fraction of sp³-hybridized carbons (Fsp3) is 0.312. The van der Waals surface area contributed by atoms with Crippen molar-refractivity contribution in [2.24, 2.45) is 5.92 Å². The van der Waals surface area contributed by atoms with Crippen LogP contribution < -0.4 is 5.32 Å². The highest BCUT2D eigenvalue weighted by Crippen LogP contribution is 2.26. The van der Waals surface area contributed by atoms with Crippen LogP contribution in [0.15, 0.2) is 47.8 Å². The number of thiophene rings is 1. The molecule has 0 fully saturated rings. The minimum Gasteiger partial charge on any atom is -0.343 e. The minimum absolute atomic E-state index is 0.0299. The molecule has 0 aliphatic heterocycles. The SMILES string of the molecule is CC(C)C(Br)C(=O)NC(c1ccccc1)c1cccs1. The van der Waals surface area contributed by atoms with Crippen molar-refractivity contribution in [3.8, 4) is 0 Å². The van der Waals surface area contributed by atoms with Crippen LogP contribution in [0.5, 0.6) is 0 Å². The summed E-state index contributed by atoms with van der Waals surface area (Å²) in [6, 6.07) is 14.1. The summed E-state index contributed by atoms with van der Waals surface area (Å²) < 4.78 is 0. The Labute approximate surface area is 132 Å². The Kier molecular flexibility index (Phi) is 5.38. The van der Waals surface area contributed by atoms with Gasteiger partial charge in [-0.05, 0) is 22.9 Å². The van der Waals surface area contributed by atoms with E-state index < -0.39 is 0 Å². The van der Waals surface area contributed by atoms with Gasteiger partial charge >= 0.3 is 0 Å². The average Bonchev–Trinajstić information content (AvgIpc) is 2.98. The normalized spacial score (nSPS) is 14.0. The van der Waals surface area contributed by atoms with E-state index >= 15 is 0 Å². The van der Waals surface area contributed by atoms with Crippen LogP contribution in [-0.4, -0.2) is 10.7 Å². The number of alkyl halides is 1. The van der Waals surface area contributed by atoms with Gasteiger partial charge in [-0.2, -0.15) is 0 Å². The van der Waals surface area contributed by atoms with Gasteiger partial charge < -0.3 is 5.32 Å². The minimum atomic E-state index is -0.173. The maximum absolute atomic E-state index is 12.3. The molecule has 2 rings (SSSR count). The first-order chi connectivity index (χ1) is 9.59. The first-order valence-corrected chi connectivity index (χ1v) is 8.42. The lowest BCUT2D eigenvalue weighted by Gasteiger charge is -2.21.